The lowest BCUT2D eigenvalue weighted by Crippen LogP contribution is -2.27. The van der Waals surface area contributed by atoms with Gasteiger partial charge in [-0.3, -0.25) is 4.79 Å². The molecular weight excluding hydrogens is 214 g/mol. The average Bonchev–Trinajstić information content (AvgIpc) is 2.61. The Morgan fingerprint density at radius 2 is 2.24 bits per heavy atom. The third-order valence-corrected chi connectivity index (χ3v) is 3.89. The van der Waals surface area contributed by atoms with Crippen molar-refractivity contribution in [3.8, 4) is 5.75 Å². The number of carbonyl (C=O) groups excluding carboxylic acids is 1. The van der Waals surface area contributed by atoms with E-state index in [2.05, 4.69) is 12.1 Å². The molecule has 0 radical (unpaired) electrons. The number of carbonyl (C=O) groups is 1. The van der Waals surface area contributed by atoms with Crippen molar-refractivity contribution >= 4 is 5.91 Å². The van der Waals surface area contributed by atoms with Crippen LogP contribution in [0.15, 0.2) is 18.2 Å². The fourth-order valence-electron chi connectivity index (χ4n) is 3.02. The van der Waals surface area contributed by atoms with E-state index in [1.807, 2.05) is 11.0 Å². The lowest BCUT2D eigenvalue weighted by Gasteiger charge is -2.23. The molecule has 1 aromatic carbocycles. The number of benzene rings is 1. The number of nitrogens with zero attached hydrogens (tertiary/aromatic N) is 1. The lowest BCUT2D eigenvalue weighted by atomic mass is 9.97. The minimum atomic E-state index is 0.287. The van der Waals surface area contributed by atoms with Crippen LogP contribution >= 0.6 is 0 Å². The van der Waals surface area contributed by atoms with Gasteiger partial charge in [0.1, 0.15) is 5.75 Å². The number of hydrogen-bond donors (Lipinski definition) is 0. The monoisotopic (exact) mass is 231 g/mol. The molecule has 3 heteroatoms. The van der Waals surface area contributed by atoms with E-state index >= 15 is 0 Å². The number of fused-ring (bicyclic) bond motifs is 3. The Morgan fingerprint density at radius 1 is 1.35 bits per heavy atom. The van der Waals surface area contributed by atoms with Gasteiger partial charge in [0.2, 0.25) is 5.91 Å². The van der Waals surface area contributed by atoms with Gasteiger partial charge in [-0.05, 0) is 42.5 Å². The molecule has 0 bridgehead atoms. The maximum absolute atomic E-state index is 11.8. The van der Waals surface area contributed by atoms with E-state index in [1.165, 1.54) is 11.1 Å². The first-order valence-corrected chi connectivity index (χ1v) is 6.26. The molecule has 0 saturated carbocycles. The average molecular weight is 231 g/mol. The largest absolute Gasteiger partial charge is 0.497 e. The van der Waals surface area contributed by atoms with Crippen LogP contribution in [0.5, 0.6) is 5.75 Å². The number of aryl methyl sites for hydroxylation is 1. The molecule has 0 spiro atoms. The van der Waals surface area contributed by atoms with Crippen molar-refractivity contribution in [1.29, 1.82) is 0 Å². The number of rotatable bonds is 1. The summed E-state index contributed by atoms with van der Waals surface area (Å²) in [7, 11) is 1.69. The Labute approximate surface area is 101 Å². The van der Waals surface area contributed by atoms with Gasteiger partial charge >= 0.3 is 0 Å². The summed E-state index contributed by atoms with van der Waals surface area (Å²) in [4.78, 5) is 13.9. The van der Waals surface area contributed by atoms with Crippen LogP contribution < -0.4 is 4.74 Å². The maximum atomic E-state index is 11.8. The van der Waals surface area contributed by atoms with Crippen LogP contribution in [0.2, 0.25) is 0 Å². The number of methoxy groups -OCH3 is 1. The van der Waals surface area contributed by atoms with Crippen LogP contribution in [0.1, 0.15) is 36.4 Å². The second kappa shape index (κ2) is 4.06. The molecule has 0 aliphatic carbocycles. The summed E-state index contributed by atoms with van der Waals surface area (Å²) < 4.78 is 5.29. The van der Waals surface area contributed by atoms with Gasteiger partial charge in [0, 0.05) is 13.0 Å². The van der Waals surface area contributed by atoms with Gasteiger partial charge in [-0.15, -0.1) is 0 Å². The van der Waals surface area contributed by atoms with Crippen LogP contribution in [0.25, 0.3) is 0 Å². The second-order valence-corrected chi connectivity index (χ2v) is 4.81. The van der Waals surface area contributed by atoms with Crippen molar-refractivity contribution in [2.24, 2.45) is 0 Å². The first kappa shape index (κ1) is 10.6. The van der Waals surface area contributed by atoms with Crippen molar-refractivity contribution in [2.75, 3.05) is 13.7 Å². The van der Waals surface area contributed by atoms with E-state index in [0.29, 0.717) is 12.3 Å². The summed E-state index contributed by atoms with van der Waals surface area (Å²) >= 11 is 0. The first-order chi connectivity index (χ1) is 8.29. The Bertz CT molecular complexity index is 456. The fourth-order valence-corrected chi connectivity index (χ4v) is 3.02. The predicted molar refractivity (Wildman–Crippen MR) is 65.0 cm³/mol. The van der Waals surface area contributed by atoms with Crippen LogP contribution in [-0.4, -0.2) is 24.5 Å². The number of ether oxygens (including phenoxy) is 1. The third-order valence-electron chi connectivity index (χ3n) is 3.89. The molecule has 0 aromatic heterocycles. The van der Waals surface area contributed by atoms with Crippen LogP contribution in [-0.2, 0) is 11.2 Å². The van der Waals surface area contributed by atoms with Gasteiger partial charge in [-0.2, -0.15) is 0 Å². The normalized spacial score (nSPS) is 23.0. The summed E-state index contributed by atoms with van der Waals surface area (Å²) in [6.07, 6.45) is 3.79. The van der Waals surface area contributed by atoms with Crippen molar-refractivity contribution in [1.82, 2.24) is 4.90 Å². The molecule has 2 heterocycles. The van der Waals surface area contributed by atoms with Crippen LogP contribution in [0.3, 0.4) is 0 Å². The topological polar surface area (TPSA) is 29.5 Å². The highest BCUT2D eigenvalue weighted by Crippen LogP contribution is 2.38. The highest BCUT2D eigenvalue weighted by molar-refractivity contribution is 5.79. The van der Waals surface area contributed by atoms with Gasteiger partial charge in [-0.1, -0.05) is 6.07 Å². The van der Waals surface area contributed by atoms with Crippen molar-refractivity contribution < 1.29 is 9.53 Å². The van der Waals surface area contributed by atoms with E-state index in [9.17, 15) is 4.79 Å². The van der Waals surface area contributed by atoms with Gasteiger partial charge in [0.25, 0.3) is 0 Å². The predicted octanol–water partition coefficient (Wildman–Crippen LogP) is 2.30. The molecule has 17 heavy (non-hydrogen) atoms. The summed E-state index contributed by atoms with van der Waals surface area (Å²) in [5.74, 6) is 1.20. The summed E-state index contributed by atoms with van der Waals surface area (Å²) in [6, 6.07) is 6.57. The smallest absolute Gasteiger partial charge is 0.223 e. The maximum Gasteiger partial charge on any atom is 0.223 e. The van der Waals surface area contributed by atoms with Crippen molar-refractivity contribution in [3.05, 3.63) is 29.3 Å². The molecule has 1 unspecified atom stereocenters. The summed E-state index contributed by atoms with van der Waals surface area (Å²) in [5.41, 5.74) is 2.68. The molecule has 0 N–H and O–H groups in total. The lowest BCUT2D eigenvalue weighted by molar-refractivity contribution is -0.129. The zero-order valence-corrected chi connectivity index (χ0v) is 10.1. The number of hydrogen-bond acceptors (Lipinski definition) is 2. The molecule has 1 amide bonds. The first-order valence-electron chi connectivity index (χ1n) is 6.26. The molecule has 3 nitrogen and oxygen atoms in total. The molecule has 2 aliphatic rings. The van der Waals surface area contributed by atoms with Crippen molar-refractivity contribution in [3.63, 3.8) is 0 Å². The Kier molecular flexibility index (Phi) is 2.54. The molecule has 1 atom stereocenters. The Hall–Kier alpha value is -1.51. The molecule has 3 rings (SSSR count). The van der Waals surface area contributed by atoms with E-state index in [-0.39, 0.29) is 6.04 Å². The van der Waals surface area contributed by atoms with Crippen LogP contribution in [0.4, 0.5) is 0 Å². The molecule has 1 saturated heterocycles. The summed E-state index contributed by atoms with van der Waals surface area (Å²) in [6.45, 7) is 0.903. The number of amides is 1. The highest BCUT2D eigenvalue weighted by atomic mass is 16.5. The standard InChI is InChI=1S/C14H17NO2/c1-17-11-5-4-10-3-2-8-15-13(12(10)9-11)6-7-14(15)16/h4-5,9,13H,2-3,6-8H2,1H3. The fraction of sp³-hybridized carbons (Fsp3) is 0.500. The van der Waals surface area contributed by atoms with E-state index in [4.69, 9.17) is 4.74 Å². The van der Waals surface area contributed by atoms with Gasteiger partial charge in [-0.25, -0.2) is 0 Å². The second-order valence-electron chi connectivity index (χ2n) is 4.81. The van der Waals surface area contributed by atoms with Crippen LogP contribution in [0, 0.1) is 0 Å². The Balaban J connectivity index is 2.05. The molecule has 1 fully saturated rings. The van der Waals surface area contributed by atoms with Gasteiger partial charge in [0.15, 0.2) is 0 Å². The van der Waals surface area contributed by atoms with Gasteiger partial charge in [0.05, 0.1) is 13.2 Å². The summed E-state index contributed by atoms with van der Waals surface area (Å²) in [5, 5.41) is 0. The quantitative estimate of drug-likeness (QED) is 0.742. The zero-order valence-electron chi connectivity index (χ0n) is 10.1. The third kappa shape index (κ3) is 1.70. The minimum absolute atomic E-state index is 0.287. The minimum Gasteiger partial charge on any atom is -0.497 e. The van der Waals surface area contributed by atoms with E-state index in [0.717, 1.165) is 31.6 Å². The molecule has 2 aliphatic heterocycles. The van der Waals surface area contributed by atoms with Crippen molar-refractivity contribution in [2.45, 2.75) is 31.7 Å². The van der Waals surface area contributed by atoms with E-state index < -0.39 is 0 Å². The van der Waals surface area contributed by atoms with Gasteiger partial charge < -0.3 is 9.64 Å². The molecular formula is C14H17NO2. The molecule has 90 valence electrons. The van der Waals surface area contributed by atoms with E-state index in [1.54, 1.807) is 7.11 Å². The Morgan fingerprint density at radius 3 is 3.06 bits per heavy atom. The highest BCUT2D eigenvalue weighted by Gasteiger charge is 2.34. The zero-order chi connectivity index (χ0) is 11.8. The SMILES string of the molecule is COc1ccc2c(c1)C1CCC(=O)N1CCC2. The molecule has 1 aromatic rings.